The highest BCUT2D eigenvalue weighted by atomic mass is 16.5. The highest BCUT2D eigenvalue weighted by Gasteiger charge is 2.27. The lowest BCUT2D eigenvalue weighted by Crippen LogP contribution is -2.53. The smallest absolute Gasteiger partial charge is 0.191 e. The van der Waals surface area contributed by atoms with Crippen molar-refractivity contribution in [2.75, 3.05) is 86.2 Å². The van der Waals surface area contributed by atoms with Crippen LogP contribution in [0.15, 0.2) is 4.99 Å². The number of piperazine rings is 1. The van der Waals surface area contributed by atoms with E-state index in [0.717, 1.165) is 51.9 Å². The maximum atomic E-state index is 5.57. The van der Waals surface area contributed by atoms with E-state index >= 15 is 0 Å². The number of guanidine groups is 1. The van der Waals surface area contributed by atoms with Crippen molar-refractivity contribution in [1.82, 2.24) is 25.3 Å². The van der Waals surface area contributed by atoms with Crippen molar-refractivity contribution in [3.05, 3.63) is 0 Å². The van der Waals surface area contributed by atoms with E-state index < -0.39 is 0 Å². The third-order valence-corrected chi connectivity index (χ3v) is 6.59. The van der Waals surface area contributed by atoms with Gasteiger partial charge < -0.3 is 25.2 Å². The van der Waals surface area contributed by atoms with Gasteiger partial charge in [-0.3, -0.25) is 9.89 Å². The number of aliphatic imine (C=N–C) groups is 1. The number of likely N-dealkylation sites (N-methyl/N-ethyl adjacent to an activating group) is 1. The van der Waals surface area contributed by atoms with Crippen LogP contribution in [0.5, 0.6) is 0 Å². The van der Waals surface area contributed by atoms with Gasteiger partial charge in [0.1, 0.15) is 0 Å². The van der Waals surface area contributed by atoms with Gasteiger partial charge in [0.25, 0.3) is 0 Å². The summed E-state index contributed by atoms with van der Waals surface area (Å²) >= 11 is 0. The van der Waals surface area contributed by atoms with Gasteiger partial charge in [-0.15, -0.1) is 0 Å². The van der Waals surface area contributed by atoms with Crippen LogP contribution in [0.4, 0.5) is 0 Å². The van der Waals surface area contributed by atoms with Crippen LogP contribution in [-0.4, -0.2) is 113 Å². The van der Waals surface area contributed by atoms with Gasteiger partial charge in [0.05, 0.1) is 13.2 Å². The predicted molar refractivity (Wildman–Crippen MR) is 123 cm³/mol. The molecule has 0 aromatic heterocycles. The molecule has 0 amide bonds. The van der Waals surface area contributed by atoms with E-state index in [9.17, 15) is 0 Å². The summed E-state index contributed by atoms with van der Waals surface area (Å²) in [5, 5.41) is 7.18. The molecule has 0 aromatic rings. The maximum Gasteiger partial charge on any atom is 0.191 e. The summed E-state index contributed by atoms with van der Waals surface area (Å²) in [5.41, 5.74) is 0. The lowest BCUT2D eigenvalue weighted by molar-refractivity contribution is 0.00272. The van der Waals surface area contributed by atoms with Gasteiger partial charge in [-0.25, -0.2) is 0 Å². The first-order chi connectivity index (χ1) is 14.1. The Hall–Kier alpha value is -0.890. The molecule has 2 N–H and O–H groups in total. The summed E-state index contributed by atoms with van der Waals surface area (Å²) in [6, 6.07) is 0.537. The van der Waals surface area contributed by atoms with Gasteiger partial charge in [-0.1, -0.05) is 33.6 Å². The summed E-state index contributed by atoms with van der Waals surface area (Å²) in [4.78, 5) is 12.1. The molecule has 7 heteroatoms. The lowest BCUT2D eigenvalue weighted by Gasteiger charge is -2.39. The molecule has 2 atom stereocenters. The first-order valence-electron chi connectivity index (χ1n) is 11.7. The van der Waals surface area contributed by atoms with Gasteiger partial charge >= 0.3 is 0 Å². The number of nitrogens with zero attached hydrogens (tertiary/aromatic N) is 4. The fourth-order valence-corrected chi connectivity index (χ4v) is 4.56. The van der Waals surface area contributed by atoms with Crippen LogP contribution in [0.25, 0.3) is 0 Å². The second-order valence-electron chi connectivity index (χ2n) is 8.84. The Bertz CT molecular complexity index is 456. The van der Waals surface area contributed by atoms with Crippen molar-refractivity contribution in [2.24, 2.45) is 16.8 Å². The minimum Gasteiger partial charge on any atom is -0.379 e. The van der Waals surface area contributed by atoms with Crippen LogP contribution in [0.3, 0.4) is 0 Å². The van der Waals surface area contributed by atoms with Gasteiger partial charge in [-0.2, -0.15) is 0 Å². The van der Waals surface area contributed by atoms with Gasteiger partial charge in [0.15, 0.2) is 5.96 Å². The Balaban J connectivity index is 1.77. The summed E-state index contributed by atoms with van der Waals surface area (Å²) in [6.07, 6.45) is 2.43. The molecule has 7 nitrogen and oxygen atoms in total. The highest BCUT2D eigenvalue weighted by molar-refractivity contribution is 5.79. The quantitative estimate of drug-likeness (QED) is 0.417. The number of rotatable bonds is 10. The molecule has 2 fully saturated rings. The van der Waals surface area contributed by atoms with Gasteiger partial charge in [0, 0.05) is 72.0 Å². The van der Waals surface area contributed by atoms with E-state index in [1.54, 1.807) is 0 Å². The third kappa shape index (κ3) is 8.40. The fraction of sp³-hybridized carbons (Fsp3) is 0.955. The molecule has 0 aromatic carbocycles. The minimum absolute atomic E-state index is 0.537. The van der Waals surface area contributed by atoms with Crippen molar-refractivity contribution in [3.63, 3.8) is 0 Å². The maximum absolute atomic E-state index is 5.57. The molecule has 2 rings (SSSR count). The second kappa shape index (κ2) is 13.4. The Morgan fingerprint density at radius 2 is 1.59 bits per heavy atom. The van der Waals surface area contributed by atoms with Crippen LogP contribution < -0.4 is 10.6 Å². The standard InChI is InChI=1S/C22H46N6O/c1-6-20(7-2)21(28-12-14-29-15-13-28)17-25-22(23-4)24-16-19(3)18-27-10-8-26(5)9-11-27/h19-21H,6-18H2,1-5H3,(H2,23,24,25). The molecular weight excluding hydrogens is 364 g/mol. The summed E-state index contributed by atoms with van der Waals surface area (Å²) in [5.74, 6) is 2.24. The molecule has 0 aliphatic carbocycles. The predicted octanol–water partition coefficient (Wildman–Crippen LogP) is 1.17. The summed E-state index contributed by atoms with van der Waals surface area (Å²) in [6.45, 7) is 18.5. The average Bonchev–Trinajstić information content (AvgIpc) is 2.75. The average molecular weight is 411 g/mol. The molecule has 0 radical (unpaired) electrons. The molecule has 170 valence electrons. The largest absolute Gasteiger partial charge is 0.379 e. The Morgan fingerprint density at radius 1 is 0.966 bits per heavy atom. The van der Waals surface area contributed by atoms with Gasteiger partial charge in [0.2, 0.25) is 0 Å². The van der Waals surface area contributed by atoms with Crippen LogP contribution in [0.2, 0.25) is 0 Å². The zero-order chi connectivity index (χ0) is 21.1. The SMILES string of the molecule is CCC(CC)C(CNC(=NC)NCC(C)CN1CCN(C)CC1)N1CCOCC1. The van der Waals surface area contributed by atoms with Crippen molar-refractivity contribution in [1.29, 1.82) is 0 Å². The van der Waals surface area contributed by atoms with Crippen molar-refractivity contribution in [3.8, 4) is 0 Å². The Morgan fingerprint density at radius 3 is 2.17 bits per heavy atom. The third-order valence-electron chi connectivity index (χ3n) is 6.59. The number of nitrogens with one attached hydrogen (secondary N) is 2. The Labute approximate surface area is 179 Å². The second-order valence-corrected chi connectivity index (χ2v) is 8.84. The van der Waals surface area contributed by atoms with Crippen LogP contribution in [0.1, 0.15) is 33.6 Å². The molecule has 29 heavy (non-hydrogen) atoms. The van der Waals surface area contributed by atoms with Crippen molar-refractivity contribution >= 4 is 5.96 Å². The first kappa shape index (κ1) is 24.4. The number of morpholine rings is 1. The van der Waals surface area contributed by atoms with E-state index in [0.29, 0.717) is 17.9 Å². The molecular formula is C22H46N6O. The molecule has 2 heterocycles. The molecule has 0 spiro atoms. The number of ether oxygens (including phenoxy) is 1. The van der Waals surface area contributed by atoms with E-state index in [2.05, 4.69) is 58.1 Å². The summed E-state index contributed by atoms with van der Waals surface area (Å²) in [7, 11) is 4.09. The zero-order valence-corrected chi connectivity index (χ0v) is 19.6. The molecule has 2 aliphatic heterocycles. The topological polar surface area (TPSA) is 55.4 Å². The van der Waals surface area contributed by atoms with E-state index in [4.69, 9.17) is 4.74 Å². The first-order valence-corrected chi connectivity index (χ1v) is 11.7. The van der Waals surface area contributed by atoms with E-state index in [-0.39, 0.29) is 0 Å². The van der Waals surface area contributed by atoms with Crippen LogP contribution in [0, 0.1) is 11.8 Å². The highest BCUT2D eigenvalue weighted by Crippen LogP contribution is 2.19. The summed E-state index contributed by atoms with van der Waals surface area (Å²) < 4.78 is 5.57. The number of hydrogen-bond acceptors (Lipinski definition) is 5. The lowest BCUT2D eigenvalue weighted by atomic mass is 9.92. The van der Waals surface area contributed by atoms with E-state index in [1.807, 2.05) is 7.05 Å². The molecule has 0 bridgehead atoms. The Kier molecular flexibility index (Phi) is 11.3. The molecule has 2 saturated heterocycles. The normalized spacial score (nSPS) is 22.6. The minimum atomic E-state index is 0.537. The zero-order valence-electron chi connectivity index (χ0n) is 19.6. The molecule has 0 saturated carbocycles. The fourth-order valence-electron chi connectivity index (χ4n) is 4.56. The van der Waals surface area contributed by atoms with Crippen molar-refractivity contribution < 1.29 is 4.74 Å². The van der Waals surface area contributed by atoms with E-state index in [1.165, 1.54) is 39.0 Å². The molecule has 2 unspecified atom stereocenters. The van der Waals surface area contributed by atoms with Crippen LogP contribution in [-0.2, 0) is 4.74 Å². The number of hydrogen-bond donors (Lipinski definition) is 2. The van der Waals surface area contributed by atoms with Crippen LogP contribution >= 0.6 is 0 Å². The monoisotopic (exact) mass is 410 g/mol. The van der Waals surface area contributed by atoms with Crippen molar-refractivity contribution in [2.45, 2.75) is 39.7 Å². The van der Waals surface area contributed by atoms with Gasteiger partial charge in [-0.05, 0) is 18.9 Å². The molecule has 2 aliphatic rings.